The first kappa shape index (κ1) is 19.6. The fourth-order valence-corrected chi connectivity index (χ4v) is 3.18. The standard InChI is InChI=1S/C16H12F3N5O3S/c17-16(18,19)10-5-6-13-21-22-15(23(13)9-10)28-8-7-14(25)20-11-3-1-2-4-12(11)24(26)27/h1-6,9H,7-8H2,(H,20,25). The molecule has 0 bridgehead atoms. The molecule has 0 aliphatic carbocycles. The summed E-state index contributed by atoms with van der Waals surface area (Å²) >= 11 is 1.05. The highest BCUT2D eigenvalue weighted by Gasteiger charge is 2.31. The van der Waals surface area contributed by atoms with E-state index >= 15 is 0 Å². The highest BCUT2D eigenvalue weighted by atomic mass is 32.2. The van der Waals surface area contributed by atoms with Crippen LogP contribution in [0, 0.1) is 10.1 Å². The summed E-state index contributed by atoms with van der Waals surface area (Å²) in [6.07, 6.45) is -3.62. The van der Waals surface area contributed by atoms with Crippen molar-refractivity contribution < 1.29 is 22.9 Å². The lowest BCUT2D eigenvalue weighted by molar-refractivity contribution is -0.383. The molecule has 1 aromatic carbocycles. The molecule has 0 spiro atoms. The molecular weight excluding hydrogens is 399 g/mol. The average Bonchev–Trinajstić information content (AvgIpc) is 3.03. The number of carbonyl (C=O) groups is 1. The van der Waals surface area contributed by atoms with Crippen LogP contribution in [0.25, 0.3) is 5.65 Å². The molecule has 0 atom stereocenters. The molecule has 0 saturated carbocycles. The van der Waals surface area contributed by atoms with Crippen LogP contribution in [0.15, 0.2) is 47.8 Å². The van der Waals surface area contributed by atoms with Crippen molar-refractivity contribution in [2.75, 3.05) is 11.1 Å². The van der Waals surface area contributed by atoms with Crippen molar-refractivity contribution in [2.45, 2.75) is 17.8 Å². The number of fused-ring (bicyclic) bond motifs is 1. The van der Waals surface area contributed by atoms with Crippen LogP contribution in [0.5, 0.6) is 0 Å². The van der Waals surface area contributed by atoms with Gasteiger partial charge in [-0.25, -0.2) is 0 Å². The summed E-state index contributed by atoms with van der Waals surface area (Å²) in [6, 6.07) is 7.84. The van der Waals surface area contributed by atoms with E-state index in [0.717, 1.165) is 24.0 Å². The van der Waals surface area contributed by atoms with Gasteiger partial charge in [-0.1, -0.05) is 23.9 Å². The Morgan fingerprint density at radius 1 is 1.21 bits per heavy atom. The van der Waals surface area contributed by atoms with Crippen molar-refractivity contribution in [1.29, 1.82) is 0 Å². The number of nitrogens with one attached hydrogen (secondary N) is 1. The number of aromatic nitrogens is 3. The lowest BCUT2D eigenvalue weighted by Crippen LogP contribution is -2.13. The van der Waals surface area contributed by atoms with Crippen LogP contribution in [-0.4, -0.2) is 31.2 Å². The van der Waals surface area contributed by atoms with E-state index in [1.54, 1.807) is 6.07 Å². The molecule has 0 aliphatic rings. The third-order valence-electron chi connectivity index (χ3n) is 3.63. The molecule has 8 nitrogen and oxygen atoms in total. The van der Waals surface area contributed by atoms with Crippen LogP contribution in [0.1, 0.15) is 12.0 Å². The second-order valence-electron chi connectivity index (χ2n) is 5.55. The molecule has 2 heterocycles. The topological polar surface area (TPSA) is 102 Å². The molecule has 146 valence electrons. The molecule has 0 radical (unpaired) electrons. The number of amides is 1. The Bertz CT molecular complexity index is 1040. The van der Waals surface area contributed by atoms with Crippen LogP contribution >= 0.6 is 11.8 Å². The first-order valence-electron chi connectivity index (χ1n) is 7.84. The number of alkyl halides is 3. The molecule has 12 heteroatoms. The summed E-state index contributed by atoms with van der Waals surface area (Å²) in [6.45, 7) is 0. The van der Waals surface area contributed by atoms with Crippen LogP contribution in [0.4, 0.5) is 24.5 Å². The van der Waals surface area contributed by atoms with Gasteiger partial charge in [-0.2, -0.15) is 13.2 Å². The van der Waals surface area contributed by atoms with Crippen LogP contribution in [-0.2, 0) is 11.0 Å². The van der Waals surface area contributed by atoms with Crippen LogP contribution in [0.2, 0.25) is 0 Å². The summed E-state index contributed by atoms with van der Waals surface area (Å²) in [4.78, 5) is 22.4. The van der Waals surface area contributed by atoms with E-state index in [-0.39, 0.29) is 34.4 Å². The Labute approximate surface area is 159 Å². The minimum absolute atomic E-state index is 0.0232. The minimum atomic E-state index is -4.50. The fraction of sp³-hybridized carbons (Fsp3) is 0.188. The first-order valence-corrected chi connectivity index (χ1v) is 8.82. The molecule has 1 N–H and O–H groups in total. The van der Waals surface area contributed by atoms with E-state index < -0.39 is 22.6 Å². The number of pyridine rings is 1. The number of para-hydroxylation sites is 2. The number of nitro groups is 1. The van der Waals surface area contributed by atoms with Gasteiger partial charge in [0.25, 0.3) is 5.69 Å². The van der Waals surface area contributed by atoms with Gasteiger partial charge in [0, 0.05) is 24.4 Å². The van der Waals surface area contributed by atoms with Crippen molar-refractivity contribution in [1.82, 2.24) is 14.6 Å². The van der Waals surface area contributed by atoms with Gasteiger partial charge in [0.1, 0.15) is 5.69 Å². The van der Waals surface area contributed by atoms with Crippen molar-refractivity contribution in [3.05, 3.63) is 58.3 Å². The van der Waals surface area contributed by atoms with E-state index in [9.17, 15) is 28.1 Å². The van der Waals surface area contributed by atoms with E-state index in [0.29, 0.717) is 0 Å². The Hall–Kier alpha value is -3.15. The monoisotopic (exact) mass is 411 g/mol. The van der Waals surface area contributed by atoms with Gasteiger partial charge in [0.05, 0.1) is 10.5 Å². The Morgan fingerprint density at radius 3 is 2.68 bits per heavy atom. The Morgan fingerprint density at radius 2 is 1.96 bits per heavy atom. The zero-order valence-corrected chi connectivity index (χ0v) is 14.8. The van der Waals surface area contributed by atoms with E-state index in [4.69, 9.17) is 0 Å². The maximum atomic E-state index is 12.8. The number of thioether (sulfide) groups is 1. The number of carbonyl (C=O) groups excluding carboxylic acids is 1. The quantitative estimate of drug-likeness (QED) is 0.376. The van der Waals surface area contributed by atoms with E-state index in [1.807, 2.05) is 0 Å². The van der Waals surface area contributed by atoms with Crippen molar-refractivity contribution in [2.24, 2.45) is 0 Å². The van der Waals surface area contributed by atoms with Crippen molar-refractivity contribution in [3.8, 4) is 0 Å². The first-order chi connectivity index (χ1) is 13.3. The zero-order valence-electron chi connectivity index (χ0n) is 14.0. The predicted molar refractivity (Wildman–Crippen MR) is 95.1 cm³/mol. The SMILES string of the molecule is O=C(CCSc1nnc2ccc(C(F)(F)F)cn12)Nc1ccccc1[N+](=O)[O-]. The van der Waals surface area contributed by atoms with Gasteiger partial charge in [0.2, 0.25) is 5.91 Å². The minimum Gasteiger partial charge on any atom is -0.320 e. The summed E-state index contributed by atoms with van der Waals surface area (Å²) in [5.41, 5.74) is -0.743. The molecule has 2 aromatic heterocycles. The maximum Gasteiger partial charge on any atom is 0.417 e. The normalized spacial score (nSPS) is 11.5. The zero-order chi connectivity index (χ0) is 20.3. The molecular formula is C16H12F3N5O3S. The third-order valence-corrected chi connectivity index (χ3v) is 4.58. The number of hydrogen-bond acceptors (Lipinski definition) is 6. The molecule has 3 rings (SSSR count). The van der Waals surface area contributed by atoms with Gasteiger partial charge < -0.3 is 5.32 Å². The second kappa shape index (κ2) is 7.84. The molecule has 0 saturated heterocycles. The third kappa shape index (κ3) is 4.39. The van der Waals surface area contributed by atoms with E-state index in [1.165, 1.54) is 28.7 Å². The number of nitro benzene ring substituents is 1. The maximum absolute atomic E-state index is 12.8. The Kier molecular flexibility index (Phi) is 5.49. The van der Waals surface area contributed by atoms with Gasteiger partial charge in [-0.15, -0.1) is 10.2 Å². The number of rotatable bonds is 6. The number of anilines is 1. The van der Waals surface area contributed by atoms with Crippen molar-refractivity contribution in [3.63, 3.8) is 0 Å². The number of halogens is 3. The highest BCUT2D eigenvalue weighted by Crippen LogP contribution is 2.30. The number of nitrogens with zero attached hydrogens (tertiary/aromatic N) is 4. The smallest absolute Gasteiger partial charge is 0.320 e. The van der Waals surface area contributed by atoms with Gasteiger partial charge in [-0.05, 0) is 18.2 Å². The van der Waals surface area contributed by atoms with E-state index in [2.05, 4.69) is 15.5 Å². The molecule has 0 fully saturated rings. The Balaban J connectivity index is 1.64. The van der Waals surface area contributed by atoms with Crippen LogP contribution < -0.4 is 5.32 Å². The summed E-state index contributed by atoms with van der Waals surface area (Å²) in [5.74, 6) is -0.268. The molecule has 28 heavy (non-hydrogen) atoms. The summed E-state index contributed by atoms with van der Waals surface area (Å²) in [7, 11) is 0. The lowest BCUT2D eigenvalue weighted by Gasteiger charge is -2.07. The summed E-state index contributed by atoms with van der Waals surface area (Å²) < 4.78 is 39.7. The largest absolute Gasteiger partial charge is 0.417 e. The number of hydrogen-bond donors (Lipinski definition) is 1. The number of benzene rings is 1. The second-order valence-corrected chi connectivity index (χ2v) is 6.61. The molecule has 0 aliphatic heterocycles. The predicted octanol–water partition coefficient (Wildman–Crippen LogP) is 3.78. The average molecular weight is 411 g/mol. The summed E-state index contributed by atoms with van der Waals surface area (Å²) in [5, 5.41) is 21.2. The van der Waals surface area contributed by atoms with Gasteiger partial charge in [0.15, 0.2) is 10.8 Å². The van der Waals surface area contributed by atoms with Gasteiger partial charge >= 0.3 is 6.18 Å². The van der Waals surface area contributed by atoms with Crippen LogP contribution in [0.3, 0.4) is 0 Å². The lowest BCUT2D eigenvalue weighted by atomic mass is 10.2. The molecule has 0 unspecified atom stereocenters. The van der Waals surface area contributed by atoms with Crippen molar-refractivity contribution >= 4 is 34.7 Å². The highest BCUT2D eigenvalue weighted by molar-refractivity contribution is 7.99. The molecule has 3 aromatic rings. The molecule has 1 amide bonds. The fourth-order valence-electron chi connectivity index (χ4n) is 2.32. The van der Waals surface area contributed by atoms with Gasteiger partial charge in [-0.3, -0.25) is 19.3 Å².